The monoisotopic (exact) mass is 219 g/mol. The minimum absolute atomic E-state index is 0.0901. The highest BCUT2D eigenvalue weighted by Gasteiger charge is 2.04. The molecule has 1 aromatic heterocycles. The van der Waals surface area contributed by atoms with Gasteiger partial charge in [-0.3, -0.25) is 4.79 Å². The summed E-state index contributed by atoms with van der Waals surface area (Å²) in [5.41, 5.74) is 1.35. The fourth-order valence-corrected chi connectivity index (χ4v) is 1.02. The van der Waals surface area contributed by atoms with Crippen LogP contribution in [0.2, 0.25) is 5.02 Å². The second kappa shape index (κ2) is 4.30. The van der Waals surface area contributed by atoms with Crippen molar-refractivity contribution in [2.24, 2.45) is 7.05 Å². The molecule has 70 valence electrons. The SMILES string of the molecule is Cn1ncc(NC=CCl)c(Cl)c1=O. The zero-order chi connectivity index (χ0) is 9.84. The topological polar surface area (TPSA) is 46.9 Å². The number of hydrogen-bond acceptors (Lipinski definition) is 3. The van der Waals surface area contributed by atoms with Gasteiger partial charge in [0.15, 0.2) is 0 Å². The van der Waals surface area contributed by atoms with E-state index in [1.54, 1.807) is 0 Å². The van der Waals surface area contributed by atoms with Crippen LogP contribution in [0.4, 0.5) is 5.69 Å². The average Bonchev–Trinajstić information content (AvgIpc) is 2.13. The predicted octanol–water partition coefficient (Wildman–Crippen LogP) is 1.56. The van der Waals surface area contributed by atoms with Gasteiger partial charge in [0, 0.05) is 18.8 Å². The largest absolute Gasteiger partial charge is 0.358 e. The molecule has 0 spiro atoms. The van der Waals surface area contributed by atoms with Gasteiger partial charge in [0.1, 0.15) is 5.02 Å². The van der Waals surface area contributed by atoms with E-state index in [9.17, 15) is 4.79 Å². The molecule has 0 bridgehead atoms. The molecule has 0 aromatic carbocycles. The van der Waals surface area contributed by atoms with Crippen molar-refractivity contribution in [1.29, 1.82) is 0 Å². The van der Waals surface area contributed by atoms with Crippen LogP contribution < -0.4 is 10.9 Å². The third-order valence-electron chi connectivity index (χ3n) is 1.38. The third kappa shape index (κ3) is 2.23. The van der Waals surface area contributed by atoms with Crippen LogP contribution in [-0.4, -0.2) is 9.78 Å². The van der Waals surface area contributed by atoms with E-state index in [1.165, 1.54) is 25.0 Å². The molecule has 1 heterocycles. The lowest BCUT2D eigenvalue weighted by Gasteiger charge is -2.03. The van der Waals surface area contributed by atoms with Crippen LogP contribution in [0.3, 0.4) is 0 Å². The van der Waals surface area contributed by atoms with Crippen LogP contribution in [0.1, 0.15) is 0 Å². The Bertz CT molecular complexity index is 386. The number of nitrogens with one attached hydrogen (secondary N) is 1. The van der Waals surface area contributed by atoms with Gasteiger partial charge in [-0.15, -0.1) is 0 Å². The summed E-state index contributed by atoms with van der Waals surface area (Å²) in [4.78, 5) is 11.2. The first-order valence-corrected chi connectivity index (χ1v) is 4.22. The smallest absolute Gasteiger partial charge is 0.287 e. The predicted molar refractivity (Wildman–Crippen MR) is 53.1 cm³/mol. The van der Waals surface area contributed by atoms with Gasteiger partial charge in [-0.1, -0.05) is 23.2 Å². The molecule has 1 rings (SSSR count). The van der Waals surface area contributed by atoms with Crippen molar-refractivity contribution in [2.75, 3.05) is 5.32 Å². The quantitative estimate of drug-likeness (QED) is 0.822. The highest BCUT2D eigenvalue weighted by molar-refractivity contribution is 6.33. The van der Waals surface area contributed by atoms with Crippen LogP contribution >= 0.6 is 23.2 Å². The average molecular weight is 220 g/mol. The molecule has 0 saturated carbocycles. The minimum atomic E-state index is -0.352. The van der Waals surface area contributed by atoms with E-state index < -0.39 is 0 Å². The molecule has 0 aliphatic heterocycles. The zero-order valence-electron chi connectivity index (χ0n) is 6.79. The highest BCUT2D eigenvalue weighted by atomic mass is 35.5. The maximum absolute atomic E-state index is 11.2. The van der Waals surface area contributed by atoms with Gasteiger partial charge in [0.2, 0.25) is 0 Å². The van der Waals surface area contributed by atoms with Gasteiger partial charge in [0.05, 0.1) is 11.9 Å². The summed E-state index contributed by atoms with van der Waals surface area (Å²) < 4.78 is 1.15. The van der Waals surface area contributed by atoms with E-state index in [2.05, 4.69) is 10.4 Å². The standard InChI is InChI=1S/C7H7Cl2N3O/c1-12-7(13)6(9)5(4-11-12)10-3-2-8/h2-4,10H,1H3. The van der Waals surface area contributed by atoms with Gasteiger partial charge in [-0.05, 0) is 0 Å². The first kappa shape index (κ1) is 10.1. The molecule has 0 aliphatic carbocycles. The minimum Gasteiger partial charge on any atom is -0.358 e. The second-order valence-electron chi connectivity index (χ2n) is 2.24. The number of rotatable bonds is 2. The molecule has 0 unspecified atom stereocenters. The Morgan fingerprint density at radius 3 is 3.00 bits per heavy atom. The molecule has 1 aromatic rings. The molecule has 0 saturated heterocycles. The number of halogens is 2. The van der Waals surface area contributed by atoms with Crippen molar-refractivity contribution >= 4 is 28.9 Å². The van der Waals surface area contributed by atoms with E-state index in [0.717, 1.165) is 4.68 Å². The Morgan fingerprint density at radius 1 is 1.69 bits per heavy atom. The molecule has 0 amide bonds. The van der Waals surface area contributed by atoms with Crippen molar-refractivity contribution in [3.63, 3.8) is 0 Å². The highest BCUT2D eigenvalue weighted by Crippen LogP contribution is 2.14. The molecule has 6 heteroatoms. The van der Waals surface area contributed by atoms with Crippen LogP contribution in [0.15, 0.2) is 22.7 Å². The lowest BCUT2D eigenvalue weighted by atomic mass is 10.4. The summed E-state index contributed by atoms with van der Waals surface area (Å²) in [5, 5.41) is 6.57. The number of nitrogens with zero attached hydrogens (tertiary/aromatic N) is 2. The van der Waals surface area contributed by atoms with Crippen LogP contribution in [0.25, 0.3) is 0 Å². The van der Waals surface area contributed by atoms with Crippen molar-refractivity contribution in [3.05, 3.63) is 33.3 Å². The number of aryl methyl sites for hydroxylation is 1. The normalized spacial score (nSPS) is 10.7. The molecule has 1 N–H and O–H groups in total. The summed E-state index contributed by atoms with van der Waals surface area (Å²) in [6, 6.07) is 0. The van der Waals surface area contributed by atoms with Crippen molar-refractivity contribution in [3.8, 4) is 0 Å². The fraction of sp³-hybridized carbons (Fsp3) is 0.143. The summed E-state index contributed by atoms with van der Waals surface area (Å²) in [5.74, 6) is 0. The van der Waals surface area contributed by atoms with Crippen molar-refractivity contribution in [2.45, 2.75) is 0 Å². The van der Waals surface area contributed by atoms with E-state index in [-0.39, 0.29) is 10.6 Å². The molecule has 0 fully saturated rings. The first-order chi connectivity index (χ1) is 6.16. The lowest BCUT2D eigenvalue weighted by molar-refractivity contribution is 0.709. The number of hydrogen-bond donors (Lipinski definition) is 1. The summed E-state index contributed by atoms with van der Waals surface area (Å²) >= 11 is 11.0. The number of aromatic nitrogens is 2. The van der Waals surface area contributed by atoms with Crippen molar-refractivity contribution < 1.29 is 0 Å². The fourth-order valence-electron chi connectivity index (χ4n) is 0.733. The summed E-state index contributed by atoms with van der Waals surface area (Å²) in [6.07, 6.45) is 2.89. The van der Waals surface area contributed by atoms with Gasteiger partial charge in [0.25, 0.3) is 5.56 Å². The van der Waals surface area contributed by atoms with Crippen molar-refractivity contribution in [1.82, 2.24) is 9.78 Å². The molecule has 4 nitrogen and oxygen atoms in total. The molecule has 0 radical (unpaired) electrons. The van der Waals surface area contributed by atoms with Crippen LogP contribution in [-0.2, 0) is 7.05 Å². The van der Waals surface area contributed by atoms with Gasteiger partial charge >= 0.3 is 0 Å². The van der Waals surface area contributed by atoms with E-state index in [1.807, 2.05) is 0 Å². The van der Waals surface area contributed by atoms with Crippen LogP contribution in [0, 0.1) is 0 Å². The molecule has 0 aliphatic rings. The van der Waals surface area contributed by atoms with E-state index in [4.69, 9.17) is 23.2 Å². The lowest BCUT2D eigenvalue weighted by Crippen LogP contribution is -2.20. The summed E-state index contributed by atoms with van der Waals surface area (Å²) in [7, 11) is 1.52. The zero-order valence-corrected chi connectivity index (χ0v) is 8.30. The van der Waals surface area contributed by atoms with E-state index >= 15 is 0 Å². The summed E-state index contributed by atoms with van der Waals surface area (Å²) in [6.45, 7) is 0. The van der Waals surface area contributed by atoms with Gasteiger partial charge in [-0.25, -0.2) is 4.68 Å². The van der Waals surface area contributed by atoms with Gasteiger partial charge in [-0.2, -0.15) is 5.10 Å². The molecule has 0 atom stereocenters. The Balaban J connectivity index is 3.11. The maximum atomic E-state index is 11.2. The maximum Gasteiger partial charge on any atom is 0.287 e. The second-order valence-corrected chi connectivity index (χ2v) is 2.87. The molecular formula is C7H7Cl2N3O. The van der Waals surface area contributed by atoms with E-state index in [0.29, 0.717) is 5.69 Å². The van der Waals surface area contributed by atoms with Crippen LogP contribution in [0.5, 0.6) is 0 Å². The van der Waals surface area contributed by atoms with Gasteiger partial charge < -0.3 is 5.32 Å². The Morgan fingerprint density at radius 2 is 2.38 bits per heavy atom. The third-order valence-corrected chi connectivity index (χ3v) is 1.87. The Labute approximate surface area is 84.8 Å². The molecular weight excluding hydrogens is 213 g/mol. The Hall–Kier alpha value is -1.00. The Kier molecular flexibility index (Phi) is 3.33. The first-order valence-electron chi connectivity index (χ1n) is 3.40. The molecule has 13 heavy (non-hydrogen) atoms. The number of anilines is 1.